The summed E-state index contributed by atoms with van der Waals surface area (Å²) < 4.78 is 5.10. The topological polar surface area (TPSA) is 109 Å². The monoisotopic (exact) mass is 380 g/mol. The molecule has 0 amide bonds. The van der Waals surface area contributed by atoms with Crippen LogP contribution >= 0.6 is 23.8 Å². The van der Waals surface area contributed by atoms with Gasteiger partial charge in [-0.05, 0) is 30.4 Å². The lowest BCUT2D eigenvalue weighted by Crippen LogP contribution is -2.23. The van der Waals surface area contributed by atoms with Crippen molar-refractivity contribution in [3.05, 3.63) is 57.1 Å². The van der Waals surface area contributed by atoms with Gasteiger partial charge in [-0.25, -0.2) is 0 Å². The first-order valence-corrected chi connectivity index (χ1v) is 7.60. The van der Waals surface area contributed by atoms with E-state index in [1.54, 1.807) is 31.4 Å². The number of nitro benzene ring substituents is 1. The van der Waals surface area contributed by atoms with Crippen molar-refractivity contribution in [2.24, 2.45) is 5.10 Å². The maximum absolute atomic E-state index is 10.8. The van der Waals surface area contributed by atoms with Gasteiger partial charge in [-0.1, -0.05) is 17.7 Å². The predicted molar refractivity (Wildman–Crippen MR) is 99.7 cm³/mol. The van der Waals surface area contributed by atoms with E-state index in [9.17, 15) is 15.2 Å². The fraction of sp³-hybridized carbons (Fsp3) is 0.0667. The number of halogens is 1. The first kappa shape index (κ1) is 18.4. The number of phenolic OH excluding ortho intramolecular Hbond substituents is 1. The average molecular weight is 381 g/mol. The lowest BCUT2D eigenvalue weighted by atomic mass is 10.2. The SMILES string of the molecule is COc1cccc(NC(=S)N/N=C/c2cc(Cl)cc([N+](=O)[O-])c2O)c1. The minimum absolute atomic E-state index is 0.0795. The van der Waals surface area contributed by atoms with E-state index in [4.69, 9.17) is 28.6 Å². The van der Waals surface area contributed by atoms with Crippen molar-refractivity contribution >= 4 is 46.5 Å². The maximum Gasteiger partial charge on any atom is 0.312 e. The maximum atomic E-state index is 10.8. The van der Waals surface area contributed by atoms with Gasteiger partial charge in [-0.15, -0.1) is 0 Å². The number of benzene rings is 2. The van der Waals surface area contributed by atoms with Gasteiger partial charge in [0.15, 0.2) is 5.11 Å². The van der Waals surface area contributed by atoms with Crippen LogP contribution in [0.3, 0.4) is 0 Å². The zero-order chi connectivity index (χ0) is 18.4. The Morgan fingerprint density at radius 3 is 2.88 bits per heavy atom. The van der Waals surface area contributed by atoms with Crippen LogP contribution in [0.1, 0.15) is 5.56 Å². The number of aromatic hydroxyl groups is 1. The normalized spacial score (nSPS) is 10.5. The second kappa shape index (κ2) is 8.27. The molecular weight excluding hydrogens is 368 g/mol. The molecule has 0 bridgehead atoms. The Bertz CT molecular complexity index is 844. The molecule has 0 radical (unpaired) electrons. The molecule has 0 saturated carbocycles. The van der Waals surface area contributed by atoms with Crippen molar-refractivity contribution in [1.29, 1.82) is 0 Å². The lowest BCUT2D eigenvalue weighted by molar-refractivity contribution is -0.385. The van der Waals surface area contributed by atoms with Gasteiger partial charge < -0.3 is 15.2 Å². The first-order chi connectivity index (χ1) is 11.9. The zero-order valence-corrected chi connectivity index (χ0v) is 14.5. The van der Waals surface area contributed by atoms with E-state index in [1.807, 2.05) is 0 Å². The van der Waals surface area contributed by atoms with Gasteiger partial charge >= 0.3 is 5.69 Å². The number of methoxy groups -OCH3 is 1. The van der Waals surface area contributed by atoms with Crippen molar-refractivity contribution < 1.29 is 14.8 Å². The summed E-state index contributed by atoms with van der Waals surface area (Å²) in [5.41, 5.74) is 2.80. The lowest BCUT2D eigenvalue weighted by Gasteiger charge is -2.08. The standard InChI is InChI=1S/C15H13ClN4O4S/c1-24-12-4-2-3-11(7-12)18-15(25)19-17-8-9-5-10(16)6-13(14(9)21)20(22)23/h2-8,21H,1H3,(H2,18,19,25)/b17-8+. The van der Waals surface area contributed by atoms with Gasteiger partial charge in [0.2, 0.25) is 5.75 Å². The van der Waals surface area contributed by atoms with Crippen LogP contribution in [0.15, 0.2) is 41.5 Å². The average Bonchev–Trinajstić information content (AvgIpc) is 2.57. The third kappa shape index (κ3) is 5.03. The molecule has 0 spiro atoms. The molecule has 2 rings (SSSR count). The molecule has 25 heavy (non-hydrogen) atoms. The van der Waals surface area contributed by atoms with Crippen LogP contribution < -0.4 is 15.5 Å². The Balaban J connectivity index is 2.05. The zero-order valence-electron chi connectivity index (χ0n) is 12.9. The van der Waals surface area contributed by atoms with E-state index < -0.39 is 16.4 Å². The predicted octanol–water partition coefficient (Wildman–Crippen LogP) is 3.28. The van der Waals surface area contributed by atoms with Crippen molar-refractivity contribution in [3.63, 3.8) is 0 Å². The van der Waals surface area contributed by atoms with Gasteiger partial charge in [0.05, 0.1) is 18.2 Å². The summed E-state index contributed by atoms with van der Waals surface area (Å²) in [6, 6.07) is 9.49. The van der Waals surface area contributed by atoms with E-state index in [-0.39, 0.29) is 15.7 Å². The highest BCUT2D eigenvalue weighted by Crippen LogP contribution is 2.32. The Kier molecular flexibility index (Phi) is 6.09. The first-order valence-electron chi connectivity index (χ1n) is 6.81. The number of anilines is 1. The molecule has 0 unspecified atom stereocenters. The van der Waals surface area contributed by atoms with E-state index in [2.05, 4.69) is 15.8 Å². The highest BCUT2D eigenvalue weighted by Gasteiger charge is 2.17. The third-order valence-electron chi connectivity index (χ3n) is 2.98. The van der Waals surface area contributed by atoms with Crippen molar-refractivity contribution in [1.82, 2.24) is 5.43 Å². The van der Waals surface area contributed by atoms with Crippen molar-refractivity contribution in [2.75, 3.05) is 12.4 Å². The number of hydrogen-bond acceptors (Lipinski definition) is 6. The molecular formula is C15H13ClN4O4S. The molecule has 3 N–H and O–H groups in total. The highest BCUT2D eigenvalue weighted by molar-refractivity contribution is 7.80. The van der Waals surface area contributed by atoms with Crippen molar-refractivity contribution in [3.8, 4) is 11.5 Å². The number of hydrazone groups is 1. The summed E-state index contributed by atoms with van der Waals surface area (Å²) >= 11 is 10.9. The van der Waals surface area contributed by atoms with Crippen LogP contribution in [0, 0.1) is 10.1 Å². The molecule has 0 atom stereocenters. The summed E-state index contributed by atoms with van der Waals surface area (Å²) in [6.07, 6.45) is 1.17. The molecule has 0 aromatic heterocycles. The second-order valence-electron chi connectivity index (χ2n) is 4.68. The number of thiocarbonyl (C=S) groups is 1. The molecule has 130 valence electrons. The van der Waals surface area contributed by atoms with Gasteiger partial charge in [-0.2, -0.15) is 5.10 Å². The molecule has 0 aliphatic heterocycles. The Morgan fingerprint density at radius 1 is 1.44 bits per heavy atom. The molecule has 0 saturated heterocycles. The number of nitrogens with zero attached hydrogens (tertiary/aromatic N) is 2. The fourth-order valence-electron chi connectivity index (χ4n) is 1.86. The van der Waals surface area contributed by atoms with E-state index in [0.29, 0.717) is 11.4 Å². The van der Waals surface area contributed by atoms with Gasteiger partial charge in [0.25, 0.3) is 0 Å². The summed E-state index contributed by atoms with van der Waals surface area (Å²) in [5.74, 6) is 0.124. The van der Waals surface area contributed by atoms with Crippen LogP contribution in [-0.2, 0) is 0 Å². The van der Waals surface area contributed by atoms with E-state index >= 15 is 0 Å². The Hall–Kier alpha value is -2.91. The summed E-state index contributed by atoms with van der Waals surface area (Å²) in [7, 11) is 1.55. The molecule has 8 nitrogen and oxygen atoms in total. The van der Waals surface area contributed by atoms with Crippen LogP contribution in [0.5, 0.6) is 11.5 Å². The molecule has 2 aromatic carbocycles. The molecule has 0 aliphatic rings. The van der Waals surface area contributed by atoms with Gasteiger partial charge in [-0.3, -0.25) is 15.5 Å². The Labute approximate surface area is 153 Å². The fourth-order valence-corrected chi connectivity index (χ4v) is 2.25. The number of ether oxygens (including phenoxy) is 1. The summed E-state index contributed by atoms with van der Waals surface area (Å²) in [5, 5.41) is 27.7. The van der Waals surface area contributed by atoms with E-state index in [1.165, 1.54) is 12.3 Å². The molecule has 10 heteroatoms. The molecule has 0 heterocycles. The molecule has 0 fully saturated rings. The van der Waals surface area contributed by atoms with Crippen LogP contribution in [0.25, 0.3) is 0 Å². The van der Waals surface area contributed by atoms with Crippen molar-refractivity contribution in [2.45, 2.75) is 0 Å². The summed E-state index contributed by atoms with van der Waals surface area (Å²) in [6.45, 7) is 0. The number of nitrogens with one attached hydrogen (secondary N) is 2. The van der Waals surface area contributed by atoms with Crippen LogP contribution in [0.2, 0.25) is 5.02 Å². The minimum Gasteiger partial charge on any atom is -0.502 e. The number of rotatable bonds is 5. The van der Waals surface area contributed by atoms with Gasteiger partial charge in [0, 0.05) is 28.4 Å². The summed E-state index contributed by atoms with van der Waals surface area (Å²) in [4.78, 5) is 10.1. The van der Waals surface area contributed by atoms with Gasteiger partial charge in [0.1, 0.15) is 5.75 Å². The number of nitro groups is 1. The second-order valence-corrected chi connectivity index (χ2v) is 5.52. The largest absolute Gasteiger partial charge is 0.502 e. The molecule has 0 aliphatic carbocycles. The van der Waals surface area contributed by atoms with Crippen LogP contribution in [0.4, 0.5) is 11.4 Å². The Morgan fingerprint density at radius 2 is 2.20 bits per heavy atom. The van der Waals surface area contributed by atoms with Crippen LogP contribution in [-0.4, -0.2) is 28.5 Å². The smallest absolute Gasteiger partial charge is 0.312 e. The third-order valence-corrected chi connectivity index (χ3v) is 3.39. The highest BCUT2D eigenvalue weighted by atomic mass is 35.5. The number of hydrogen-bond donors (Lipinski definition) is 3. The minimum atomic E-state index is -0.735. The quantitative estimate of drug-likeness (QED) is 0.316. The van der Waals surface area contributed by atoms with E-state index in [0.717, 1.165) is 6.07 Å². The number of phenols is 1. The molecule has 2 aromatic rings.